The third kappa shape index (κ3) is 5.15. The van der Waals surface area contributed by atoms with Gasteiger partial charge in [0.05, 0.1) is 0 Å². The minimum atomic E-state index is -0.980. The molecule has 7 nitrogen and oxygen atoms in total. The van der Waals surface area contributed by atoms with Crippen molar-refractivity contribution >= 4 is 17.9 Å². The van der Waals surface area contributed by atoms with E-state index in [4.69, 9.17) is 5.73 Å². The molecular formula is C12H21N3O4. The molecule has 1 saturated heterocycles. The lowest BCUT2D eigenvalue weighted by Gasteiger charge is -2.30. The summed E-state index contributed by atoms with van der Waals surface area (Å²) < 4.78 is 0. The molecule has 0 bridgehead atoms. The summed E-state index contributed by atoms with van der Waals surface area (Å²) in [6, 6.07) is -1.22. The molecule has 1 rings (SSSR count). The smallest absolute Gasteiger partial charge is 0.326 e. The maximum absolute atomic E-state index is 12.0. The Kier molecular flexibility index (Phi) is 6.11. The van der Waals surface area contributed by atoms with Gasteiger partial charge in [0.25, 0.3) is 0 Å². The number of rotatable bonds is 4. The highest BCUT2D eigenvalue weighted by Gasteiger charge is 2.29. The van der Waals surface area contributed by atoms with Gasteiger partial charge in [-0.2, -0.15) is 0 Å². The molecule has 7 heteroatoms. The second-order valence-corrected chi connectivity index (χ2v) is 4.70. The van der Waals surface area contributed by atoms with Gasteiger partial charge in [0.1, 0.15) is 6.04 Å². The van der Waals surface area contributed by atoms with Crippen molar-refractivity contribution in [1.82, 2.24) is 10.2 Å². The third-order valence-electron chi connectivity index (χ3n) is 3.20. The lowest BCUT2D eigenvalue weighted by molar-refractivity contribution is -0.142. The maximum atomic E-state index is 12.0. The number of nitrogens with two attached hydrogens (primary N) is 1. The van der Waals surface area contributed by atoms with Crippen molar-refractivity contribution in [1.29, 1.82) is 0 Å². The number of carbonyl (C=O) groups is 3. The van der Waals surface area contributed by atoms with Crippen LogP contribution in [0.25, 0.3) is 0 Å². The number of carboxylic acid groups (broad SMARTS) is 1. The predicted octanol–water partition coefficient (Wildman–Crippen LogP) is 0.291. The summed E-state index contributed by atoms with van der Waals surface area (Å²) >= 11 is 0. The summed E-state index contributed by atoms with van der Waals surface area (Å²) in [4.78, 5) is 35.1. The Labute approximate surface area is 112 Å². The van der Waals surface area contributed by atoms with Crippen LogP contribution in [0.15, 0.2) is 0 Å². The molecule has 19 heavy (non-hydrogen) atoms. The van der Waals surface area contributed by atoms with Crippen molar-refractivity contribution < 1.29 is 19.5 Å². The Bertz CT molecular complexity index is 346. The molecule has 1 atom stereocenters. The Hall–Kier alpha value is -1.79. The molecule has 0 radical (unpaired) electrons. The number of carboxylic acids is 1. The van der Waals surface area contributed by atoms with E-state index in [-0.39, 0.29) is 13.0 Å². The zero-order valence-corrected chi connectivity index (χ0v) is 10.9. The molecule has 1 aliphatic rings. The average molecular weight is 271 g/mol. The maximum Gasteiger partial charge on any atom is 0.326 e. The van der Waals surface area contributed by atoms with Crippen molar-refractivity contribution in [2.45, 2.75) is 44.6 Å². The summed E-state index contributed by atoms with van der Waals surface area (Å²) in [5, 5.41) is 11.7. The highest BCUT2D eigenvalue weighted by molar-refractivity contribution is 5.83. The predicted molar refractivity (Wildman–Crippen MR) is 68.4 cm³/mol. The van der Waals surface area contributed by atoms with Crippen LogP contribution >= 0.6 is 0 Å². The summed E-state index contributed by atoms with van der Waals surface area (Å²) in [5.41, 5.74) is 4.98. The first-order valence-electron chi connectivity index (χ1n) is 6.58. The van der Waals surface area contributed by atoms with E-state index in [2.05, 4.69) is 5.32 Å². The fraction of sp³-hybridized carbons (Fsp3) is 0.750. The van der Waals surface area contributed by atoms with Gasteiger partial charge in [0.15, 0.2) is 0 Å². The number of urea groups is 1. The lowest BCUT2D eigenvalue weighted by atomic mass is 10.0. The third-order valence-corrected chi connectivity index (χ3v) is 3.20. The van der Waals surface area contributed by atoms with Gasteiger partial charge in [-0.1, -0.05) is 19.3 Å². The van der Waals surface area contributed by atoms with E-state index < -0.39 is 23.9 Å². The molecular weight excluding hydrogens is 250 g/mol. The second-order valence-electron chi connectivity index (χ2n) is 4.70. The quantitative estimate of drug-likeness (QED) is 0.682. The molecule has 1 unspecified atom stereocenters. The highest BCUT2D eigenvalue weighted by Crippen LogP contribution is 2.17. The van der Waals surface area contributed by atoms with Crippen LogP contribution in [-0.4, -0.2) is 47.0 Å². The van der Waals surface area contributed by atoms with Crippen molar-refractivity contribution in [3.63, 3.8) is 0 Å². The number of hydrogen-bond donors (Lipinski definition) is 3. The Morgan fingerprint density at radius 3 is 2.53 bits per heavy atom. The van der Waals surface area contributed by atoms with Crippen LogP contribution < -0.4 is 11.1 Å². The molecule has 3 amide bonds. The summed E-state index contributed by atoms with van der Waals surface area (Å²) in [6.45, 7) is 0.566. The van der Waals surface area contributed by atoms with Crippen LogP contribution in [0.3, 0.4) is 0 Å². The molecule has 4 N–H and O–H groups in total. The van der Waals surface area contributed by atoms with E-state index >= 15 is 0 Å². The molecule has 108 valence electrons. The number of amides is 3. The molecule has 1 aliphatic heterocycles. The molecule has 0 aromatic heterocycles. The van der Waals surface area contributed by atoms with Gasteiger partial charge in [0, 0.05) is 19.5 Å². The molecule has 0 aromatic carbocycles. The van der Waals surface area contributed by atoms with Gasteiger partial charge in [-0.15, -0.1) is 0 Å². The van der Waals surface area contributed by atoms with Gasteiger partial charge < -0.3 is 21.1 Å². The van der Waals surface area contributed by atoms with Gasteiger partial charge in [0.2, 0.25) is 5.91 Å². The Morgan fingerprint density at radius 1 is 1.21 bits per heavy atom. The van der Waals surface area contributed by atoms with E-state index in [1.54, 1.807) is 0 Å². The van der Waals surface area contributed by atoms with E-state index in [1.807, 2.05) is 0 Å². The van der Waals surface area contributed by atoms with Crippen molar-refractivity contribution in [2.24, 2.45) is 5.73 Å². The SMILES string of the molecule is NC(=O)CCNC(=O)N1CCCCCCC1C(=O)O. The molecule has 0 aromatic rings. The van der Waals surface area contributed by atoms with Gasteiger partial charge >= 0.3 is 12.0 Å². The normalized spacial score (nSPS) is 20.2. The van der Waals surface area contributed by atoms with Crippen LogP contribution in [0.5, 0.6) is 0 Å². The number of hydrogen-bond acceptors (Lipinski definition) is 3. The Balaban J connectivity index is 2.59. The largest absolute Gasteiger partial charge is 0.480 e. The van der Waals surface area contributed by atoms with E-state index in [0.29, 0.717) is 13.0 Å². The first-order chi connectivity index (χ1) is 9.02. The van der Waals surface area contributed by atoms with E-state index in [1.165, 1.54) is 4.90 Å². The zero-order valence-electron chi connectivity index (χ0n) is 10.9. The Morgan fingerprint density at radius 2 is 1.89 bits per heavy atom. The summed E-state index contributed by atoms with van der Waals surface area (Å²) in [5.74, 6) is -1.48. The van der Waals surface area contributed by atoms with E-state index in [0.717, 1.165) is 25.7 Å². The monoisotopic (exact) mass is 271 g/mol. The number of primary amides is 1. The van der Waals surface area contributed by atoms with Crippen molar-refractivity contribution in [3.8, 4) is 0 Å². The minimum Gasteiger partial charge on any atom is -0.480 e. The van der Waals surface area contributed by atoms with Gasteiger partial charge in [-0.25, -0.2) is 9.59 Å². The number of nitrogens with one attached hydrogen (secondary N) is 1. The molecule has 0 spiro atoms. The minimum absolute atomic E-state index is 0.0529. The molecule has 0 aliphatic carbocycles. The van der Waals surface area contributed by atoms with Gasteiger partial charge in [-0.3, -0.25) is 4.79 Å². The van der Waals surface area contributed by atoms with Crippen LogP contribution in [0.2, 0.25) is 0 Å². The fourth-order valence-corrected chi connectivity index (χ4v) is 2.18. The number of likely N-dealkylation sites (tertiary alicyclic amines) is 1. The van der Waals surface area contributed by atoms with Crippen LogP contribution in [0.1, 0.15) is 38.5 Å². The summed E-state index contributed by atoms with van der Waals surface area (Å²) in [7, 11) is 0. The highest BCUT2D eigenvalue weighted by atomic mass is 16.4. The summed E-state index contributed by atoms with van der Waals surface area (Å²) in [6.07, 6.45) is 4.13. The zero-order chi connectivity index (χ0) is 14.3. The molecule has 0 saturated carbocycles. The number of carbonyl (C=O) groups excluding carboxylic acids is 2. The lowest BCUT2D eigenvalue weighted by Crippen LogP contribution is -2.50. The fourth-order valence-electron chi connectivity index (χ4n) is 2.18. The van der Waals surface area contributed by atoms with Crippen LogP contribution in [0.4, 0.5) is 4.79 Å². The topological polar surface area (TPSA) is 113 Å². The molecule has 1 fully saturated rings. The van der Waals surface area contributed by atoms with Crippen LogP contribution in [0, 0.1) is 0 Å². The van der Waals surface area contributed by atoms with Crippen LogP contribution in [-0.2, 0) is 9.59 Å². The molecule has 1 heterocycles. The second kappa shape index (κ2) is 7.60. The van der Waals surface area contributed by atoms with Gasteiger partial charge in [-0.05, 0) is 12.8 Å². The number of nitrogens with zero attached hydrogens (tertiary/aromatic N) is 1. The first kappa shape index (κ1) is 15.3. The standard InChI is InChI=1S/C12H21N3O4/c13-10(16)6-7-14-12(19)15-8-4-2-1-3-5-9(15)11(17)18/h9H,1-8H2,(H2,13,16)(H,14,19)(H,17,18). The average Bonchev–Trinajstić information content (AvgIpc) is 2.27. The van der Waals surface area contributed by atoms with E-state index in [9.17, 15) is 19.5 Å². The number of aliphatic carboxylic acids is 1. The van der Waals surface area contributed by atoms with Crippen molar-refractivity contribution in [2.75, 3.05) is 13.1 Å². The first-order valence-corrected chi connectivity index (χ1v) is 6.58. The van der Waals surface area contributed by atoms with Crippen molar-refractivity contribution in [3.05, 3.63) is 0 Å².